The van der Waals surface area contributed by atoms with Gasteiger partial charge in [-0.15, -0.1) is 0 Å². The molecule has 0 N–H and O–H groups in total. The van der Waals surface area contributed by atoms with E-state index in [1.54, 1.807) is 0 Å². The van der Waals surface area contributed by atoms with Crippen molar-refractivity contribution in [2.75, 3.05) is 19.8 Å². The van der Waals surface area contributed by atoms with E-state index in [0.29, 0.717) is 19.8 Å². The van der Waals surface area contributed by atoms with Gasteiger partial charge in [0.15, 0.2) is 0 Å². The Morgan fingerprint density at radius 2 is 1.56 bits per heavy atom. The Morgan fingerprint density at radius 3 is 2.32 bits per heavy atom. The number of hydrogen-bond acceptors (Lipinski definition) is 3. The molecule has 3 heteroatoms. The first-order valence-electron chi connectivity index (χ1n) is 8.63. The van der Waals surface area contributed by atoms with Crippen molar-refractivity contribution < 1.29 is 9.47 Å². The maximum atomic E-state index is 5.61. The second-order valence-electron chi connectivity index (χ2n) is 5.74. The summed E-state index contributed by atoms with van der Waals surface area (Å²) in [5.74, 6) is 0. The molecule has 1 heterocycles. The molecular weight excluding hydrogens is 310 g/mol. The van der Waals surface area contributed by atoms with Crippen LogP contribution in [0.15, 0.2) is 72.9 Å². The van der Waals surface area contributed by atoms with Gasteiger partial charge < -0.3 is 9.47 Å². The molecule has 3 rings (SSSR count). The predicted octanol–water partition coefficient (Wildman–Crippen LogP) is 4.97. The highest BCUT2D eigenvalue weighted by Gasteiger charge is 2.03. The molecule has 3 nitrogen and oxygen atoms in total. The first-order chi connectivity index (χ1) is 12.4. The maximum Gasteiger partial charge on any atom is 0.0718 e. The van der Waals surface area contributed by atoms with Crippen LogP contribution in [0.3, 0.4) is 0 Å². The van der Waals surface area contributed by atoms with Gasteiger partial charge in [-0.3, -0.25) is 4.98 Å². The number of rotatable bonds is 8. The highest BCUT2D eigenvalue weighted by molar-refractivity contribution is 5.71. The van der Waals surface area contributed by atoms with Gasteiger partial charge in [0.2, 0.25) is 0 Å². The minimum absolute atomic E-state index is 0.612. The minimum Gasteiger partial charge on any atom is -0.379 e. The van der Waals surface area contributed by atoms with E-state index in [1.165, 1.54) is 16.7 Å². The molecule has 0 spiro atoms. The van der Waals surface area contributed by atoms with Crippen molar-refractivity contribution in [3.05, 3.63) is 78.5 Å². The van der Waals surface area contributed by atoms with E-state index >= 15 is 0 Å². The lowest BCUT2D eigenvalue weighted by Gasteiger charge is -2.08. The average Bonchev–Trinajstić information content (AvgIpc) is 2.69. The van der Waals surface area contributed by atoms with Crippen molar-refractivity contribution in [1.29, 1.82) is 0 Å². The van der Waals surface area contributed by atoms with E-state index in [-0.39, 0.29) is 0 Å². The summed E-state index contributed by atoms with van der Waals surface area (Å²) < 4.78 is 10.9. The number of benzene rings is 2. The van der Waals surface area contributed by atoms with Gasteiger partial charge in [-0.1, -0.05) is 48.5 Å². The molecule has 0 radical (unpaired) electrons. The number of ether oxygens (including phenoxy) is 2. The van der Waals surface area contributed by atoms with Crippen molar-refractivity contribution in [3.63, 3.8) is 0 Å². The van der Waals surface area contributed by atoms with Gasteiger partial charge in [-0.25, -0.2) is 0 Å². The summed E-state index contributed by atoms with van der Waals surface area (Å²) in [6, 6.07) is 22.9. The van der Waals surface area contributed by atoms with Crippen LogP contribution in [-0.2, 0) is 16.1 Å². The van der Waals surface area contributed by atoms with Crippen LogP contribution < -0.4 is 0 Å². The zero-order valence-electron chi connectivity index (χ0n) is 14.5. The molecule has 128 valence electrons. The smallest absolute Gasteiger partial charge is 0.0718 e. The fourth-order valence-corrected chi connectivity index (χ4v) is 2.64. The Balaban J connectivity index is 1.66. The predicted molar refractivity (Wildman–Crippen MR) is 101 cm³/mol. The van der Waals surface area contributed by atoms with E-state index in [2.05, 4.69) is 53.5 Å². The average molecular weight is 333 g/mol. The number of aromatic nitrogens is 1. The number of nitrogens with zero attached hydrogens (tertiary/aromatic N) is 1. The zero-order chi connectivity index (χ0) is 17.3. The Bertz CT molecular complexity index is 770. The molecule has 0 aliphatic heterocycles. The van der Waals surface area contributed by atoms with Gasteiger partial charge in [0.05, 0.1) is 25.5 Å². The lowest BCUT2D eigenvalue weighted by molar-refractivity contribution is 0.0453. The fourth-order valence-electron chi connectivity index (χ4n) is 2.64. The monoisotopic (exact) mass is 333 g/mol. The third-order valence-corrected chi connectivity index (χ3v) is 3.96. The van der Waals surface area contributed by atoms with Crippen LogP contribution in [0.4, 0.5) is 0 Å². The van der Waals surface area contributed by atoms with Gasteiger partial charge in [0.1, 0.15) is 0 Å². The Morgan fingerprint density at radius 1 is 0.760 bits per heavy atom. The van der Waals surface area contributed by atoms with Crippen molar-refractivity contribution >= 4 is 0 Å². The summed E-state index contributed by atoms with van der Waals surface area (Å²) in [6.45, 7) is 4.61. The molecule has 2 aromatic carbocycles. The van der Waals surface area contributed by atoms with E-state index in [0.717, 1.165) is 17.9 Å². The standard InChI is InChI=1S/C22H23NO2/c1-2-24-14-15-25-17-18-9-11-19(12-10-18)20-6-5-7-21(16-20)22-8-3-4-13-23-22/h3-13,16H,2,14-15,17H2,1H3. The van der Waals surface area contributed by atoms with Crippen molar-refractivity contribution in [1.82, 2.24) is 4.98 Å². The third-order valence-electron chi connectivity index (χ3n) is 3.96. The van der Waals surface area contributed by atoms with Crippen molar-refractivity contribution in [2.24, 2.45) is 0 Å². The maximum absolute atomic E-state index is 5.61. The normalized spacial score (nSPS) is 10.8. The van der Waals surface area contributed by atoms with Crippen LogP contribution in [0, 0.1) is 0 Å². The van der Waals surface area contributed by atoms with Crippen LogP contribution in [0.5, 0.6) is 0 Å². The molecule has 0 saturated carbocycles. The van der Waals surface area contributed by atoms with Gasteiger partial charge >= 0.3 is 0 Å². The van der Waals surface area contributed by atoms with Crippen LogP contribution in [0.25, 0.3) is 22.4 Å². The Labute approximate surface area is 149 Å². The Kier molecular flexibility index (Phi) is 6.32. The largest absolute Gasteiger partial charge is 0.379 e. The van der Waals surface area contributed by atoms with Gasteiger partial charge in [-0.2, -0.15) is 0 Å². The summed E-state index contributed by atoms with van der Waals surface area (Å²) in [5.41, 5.74) is 5.66. The highest BCUT2D eigenvalue weighted by atomic mass is 16.5. The molecule has 0 saturated heterocycles. The van der Waals surface area contributed by atoms with E-state index < -0.39 is 0 Å². The van der Waals surface area contributed by atoms with Crippen LogP contribution in [0.1, 0.15) is 12.5 Å². The molecule has 25 heavy (non-hydrogen) atoms. The van der Waals surface area contributed by atoms with Crippen molar-refractivity contribution in [2.45, 2.75) is 13.5 Å². The highest BCUT2D eigenvalue weighted by Crippen LogP contribution is 2.25. The molecule has 1 aromatic heterocycles. The van der Waals surface area contributed by atoms with Crippen molar-refractivity contribution in [3.8, 4) is 22.4 Å². The molecule has 3 aromatic rings. The summed E-state index contributed by atoms with van der Waals surface area (Å²) >= 11 is 0. The van der Waals surface area contributed by atoms with Crippen LogP contribution in [0.2, 0.25) is 0 Å². The van der Waals surface area contributed by atoms with Crippen LogP contribution >= 0.6 is 0 Å². The second kappa shape index (κ2) is 9.11. The number of hydrogen-bond donors (Lipinski definition) is 0. The SMILES string of the molecule is CCOCCOCc1ccc(-c2cccc(-c3ccccn3)c2)cc1. The van der Waals surface area contributed by atoms with E-state index in [9.17, 15) is 0 Å². The lowest BCUT2D eigenvalue weighted by Crippen LogP contribution is -2.03. The molecule has 0 bridgehead atoms. The minimum atomic E-state index is 0.612. The summed E-state index contributed by atoms with van der Waals surface area (Å²) in [6.07, 6.45) is 1.82. The first kappa shape index (κ1) is 17.3. The summed E-state index contributed by atoms with van der Waals surface area (Å²) in [5, 5.41) is 0. The van der Waals surface area contributed by atoms with E-state index in [4.69, 9.17) is 9.47 Å². The molecule has 0 amide bonds. The topological polar surface area (TPSA) is 31.4 Å². The van der Waals surface area contributed by atoms with E-state index in [1.807, 2.05) is 31.3 Å². The Hall–Kier alpha value is -2.49. The van der Waals surface area contributed by atoms with Crippen LogP contribution in [-0.4, -0.2) is 24.8 Å². The zero-order valence-corrected chi connectivity index (χ0v) is 14.5. The molecule has 0 fully saturated rings. The molecule has 0 unspecified atom stereocenters. The fraction of sp³-hybridized carbons (Fsp3) is 0.227. The second-order valence-corrected chi connectivity index (χ2v) is 5.74. The van der Waals surface area contributed by atoms with Gasteiger partial charge in [0.25, 0.3) is 0 Å². The summed E-state index contributed by atoms with van der Waals surface area (Å²) in [7, 11) is 0. The quantitative estimate of drug-likeness (QED) is 0.545. The van der Waals surface area contributed by atoms with Gasteiger partial charge in [0, 0.05) is 18.4 Å². The molecule has 0 aliphatic rings. The molecular formula is C22H23NO2. The number of pyridine rings is 1. The molecule has 0 atom stereocenters. The molecule has 0 aliphatic carbocycles. The first-order valence-corrected chi connectivity index (χ1v) is 8.63. The lowest BCUT2D eigenvalue weighted by atomic mass is 10.0. The van der Waals surface area contributed by atoms with Gasteiger partial charge in [-0.05, 0) is 41.8 Å². The third kappa shape index (κ3) is 4.99. The summed E-state index contributed by atoms with van der Waals surface area (Å²) in [4.78, 5) is 4.43.